The van der Waals surface area contributed by atoms with E-state index >= 15 is 0 Å². The fourth-order valence-electron chi connectivity index (χ4n) is 3.59. The van der Waals surface area contributed by atoms with Crippen LogP contribution in [0.2, 0.25) is 5.02 Å². The quantitative estimate of drug-likeness (QED) is 0.808. The molecule has 0 spiro atoms. The standard InChI is InChI=1S/C20H19ClN2O3/c1-2-25-20(24)18-17(12-4-3-5-13(21)8-12)14-9-11-6-7-23-15(11)10-16(14)26-19(18)22/h3-5,8-10,17,23H,2,6-7,22H2,1H3. The molecule has 0 amide bonds. The lowest BCUT2D eigenvalue weighted by molar-refractivity contribution is -0.139. The second-order valence-corrected chi connectivity index (χ2v) is 6.75. The molecule has 1 atom stereocenters. The summed E-state index contributed by atoms with van der Waals surface area (Å²) < 4.78 is 11.0. The van der Waals surface area contributed by atoms with Crippen LogP contribution in [0.1, 0.15) is 29.5 Å². The Morgan fingerprint density at radius 2 is 2.23 bits per heavy atom. The van der Waals surface area contributed by atoms with Crippen LogP contribution < -0.4 is 15.8 Å². The highest BCUT2D eigenvalue weighted by Crippen LogP contribution is 2.45. The van der Waals surface area contributed by atoms with Gasteiger partial charge in [-0.3, -0.25) is 0 Å². The molecule has 6 heteroatoms. The minimum Gasteiger partial charge on any atom is -0.462 e. The number of carbonyl (C=O) groups is 1. The third-order valence-electron chi connectivity index (χ3n) is 4.71. The summed E-state index contributed by atoms with van der Waals surface area (Å²) in [6.45, 7) is 2.91. The van der Waals surface area contributed by atoms with Crippen molar-refractivity contribution >= 4 is 23.3 Å². The predicted molar refractivity (Wildman–Crippen MR) is 100 cm³/mol. The van der Waals surface area contributed by atoms with Crippen molar-refractivity contribution in [1.82, 2.24) is 0 Å². The largest absolute Gasteiger partial charge is 0.462 e. The van der Waals surface area contributed by atoms with Gasteiger partial charge in [-0.15, -0.1) is 0 Å². The van der Waals surface area contributed by atoms with Crippen molar-refractivity contribution in [2.45, 2.75) is 19.3 Å². The van der Waals surface area contributed by atoms with Gasteiger partial charge in [-0.25, -0.2) is 4.79 Å². The average Bonchev–Trinajstić information content (AvgIpc) is 3.06. The van der Waals surface area contributed by atoms with Crippen LogP contribution in [0.3, 0.4) is 0 Å². The minimum absolute atomic E-state index is 0.0684. The first-order chi connectivity index (χ1) is 12.6. The number of anilines is 1. The molecule has 2 aliphatic rings. The molecular weight excluding hydrogens is 352 g/mol. The van der Waals surface area contributed by atoms with Gasteiger partial charge in [0.15, 0.2) is 0 Å². The second kappa shape index (κ2) is 6.57. The molecule has 1 unspecified atom stereocenters. The maximum absolute atomic E-state index is 12.6. The molecule has 4 rings (SSSR count). The molecular formula is C20H19ClN2O3. The summed E-state index contributed by atoms with van der Waals surface area (Å²) in [5, 5.41) is 3.93. The molecule has 0 aromatic heterocycles. The molecule has 0 fully saturated rings. The molecule has 26 heavy (non-hydrogen) atoms. The topological polar surface area (TPSA) is 73.6 Å². The summed E-state index contributed by atoms with van der Waals surface area (Å²) in [5.74, 6) is -0.144. The zero-order chi connectivity index (χ0) is 18.3. The lowest BCUT2D eigenvalue weighted by atomic mass is 9.82. The third kappa shape index (κ3) is 2.78. The van der Waals surface area contributed by atoms with Crippen LogP contribution >= 0.6 is 11.6 Å². The second-order valence-electron chi connectivity index (χ2n) is 6.31. The Balaban J connectivity index is 1.91. The van der Waals surface area contributed by atoms with Crippen LogP contribution in [0.25, 0.3) is 0 Å². The highest BCUT2D eigenvalue weighted by atomic mass is 35.5. The fraction of sp³-hybridized carbons (Fsp3) is 0.250. The van der Waals surface area contributed by atoms with Crippen LogP contribution in [-0.2, 0) is 16.0 Å². The molecule has 2 heterocycles. The van der Waals surface area contributed by atoms with Gasteiger partial charge in [0, 0.05) is 28.9 Å². The Bertz CT molecular complexity index is 923. The Morgan fingerprint density at radius 1 is 1.38 bits per heavy atom. The summed E-state index contributed by atoms with van der Waals surface area (Å²) in [6, 6.07) is 11.5. The van der Waals surface area contributed by atoms with Crippen LogP contribution in [-0.4, -0.2) is 19.1 Å². The van der Waals surface area contributed by atoms with Crippen LogP contribution in [0.15, 0.2) is 47.9 Å². The number of halogens is 1. The predicted octanol–water partition coefficient (Wildman–Crippen LogP) is 3.57. The van der Waals surface area contributed by atoms with Crippen molar-refractivity contribution in [3.63, 3.8) is 0 Å². The van der Waals surface area contributed by atoms with E-state index in [9.17, 15) is 4.79 Å². The van der Waals surface area contributed by atoms with E-state index in [-0.39, 0.29) is 18.4 Å². The van der Waals surface area contributed by atoms with Crippen molar-refractivity contribution in [1.29, 1.82) is 0 Å². The van der Waals surface area contributed by atoms with E-state index in [2.05, 4.69) is 11.4 Å². The van der Waals surface area contributed by atoms with Gasteiger partial charge < -0.3 is 20.5 Å². The van der Waals surface area contributed by atoms with Crippen molar-refractivity contribution in [3.05, 3.63) is 69.6 Å². The van der Waals surface area contributed by atoms with E-state index in [4.69, 9.17) is 26.8 Å². The van der Waals surface area contributed by atoms with Crippen molar-refractivity contribution in [3.8, 4) is 5.75 Å². The Hall–Kier alpha value is -2.66. The molecule has 2 aromatic carbocycles. The molecule has 0 bridgehead atoms. The lowest BCUT2D eigenvalue weighted by Crippen LogP contribution is -2.27. The molecule has 0 saturated carbocycles. The first kappa shape index (κ1) is 16.8. The van der Waals surface area contributed by atoms with E-state index in [1.807, 2.05) is 24.3 Å². The number of nitrogens with one attached hydrogen (secondary N) is 1. The molecule has 134 valence electrons. The first-order valence-corrected chi connectivity index (χ1v) is 8.97. The van der Waals surface area contributed by atoms with Gasteiger partial charge in [-0.05, 0) is 42.7 Å². The Morgan fingerprint density at radius 3 is 3.00 bits per heavy atom. The maximum atomic E-state index is 12.6. The van der Waals surface area contributed by atoms with E-state index < -0.39 is 5.97 Å². The van der Waals surface area contributed by atoms with Crippen molar-refractivity contribution < 1.29 is 14.3 Å². The molecule has 5 nitrogen and oxygen atoms in total. The number of esters is 1. The molecule has 2 aliphatic heterocycles. The van der Waals surface area contributed by atoms with E-state index in [1.54, 1.807) is 13.0 Å². The average molecular weight is 371 g/mol. The van der Waals surface area contributed by atoms with Gasteiger partial charge >= 0.3 is 5.97 Å². The summed E-state index contributed by atoms with van der Waals surface area (Å²) >= 11 is 6.21. The zero-order valence-electron chi connectivity index (χ0n) is 14.3. The number of hydrogen-bond donors (Lipinski definition) is 2. The highest BCUT2D eigenvalue weighted by molar-refractivity contribution is 6.30. The third-order valence-corrected chi connectivity index (χ3v) is 4.94. The monoisotopic (exact) mass is 370 g/mol. The van der Waals surface area contributed by atoms with Crippen LogP contribution in [0.4, 0.5) is 5.69 Å². The van der Waals surface area contributed by atoms with Gasteiger partial charge in [0.05, 0.1) is 12.5 Å². The number of nitrogens with two attached hydrogens (primary N) is 1. The van der Waals surface area contributed by atoms with Gasteiger partial charge in [-0.2, -0.15) is 0 Å². The normalized spacial score (nSPS) is 17.8. The first-order valence-electron chi connectivity index (χ1n) is 8.59. The highest BCUT2D eigenvalue weighted by Gasteiger charge is 2.36. The number of fused-ring (bicyclic) bond motifs is 2. The Labute approximate surface area is 156 Å². The van der Waals surface area contributed by atoms with Crippen molar-refractivity contribution in [2.24, 2.45) is 5.73 Å². The van der Waals surface area contributed by atoms with E-state index in [0.717, 1.165) is 29.8 Å². The van der Waals surface area contributed by atoms with Crippen LogP contribution in [0, 0.1) is 0 Å². The molecule has 0 radical (unpaired) electrons. The van der Waals surface area contributed by atoms with Crippen LogP contribution in [0.5, 0.6) is 5.75 Å². The molecule has 0 aliphatic carbocycles. The Kier molecular flexibility index (Phi) is 4.24. The summed E-state index contributed by atoms with van der Waals surface area (Å²) in [7, 11) is 0. The smallest absolute Gasteiger partial charge is 0.340 e. The molecule has 3 N–H and O–H groups in total. The molecule has 2 aromatic rings. The van der Waals surface area contributed by atoms with Gasteiger partial charge in [0.25, 0.3) is 0 Å². The number of rotatable bonds is 3. The van der Waals surface area contributed by atoms with Crippen molar-refractivity contribution in [2.75, 3.05) is 18.5 Å². The number of benzene rings is 2. The molecule has 0 saturated heterocycles. The van der Waals surface area contributed by atoms with Gasteiger partial charge in [0.2, 0.25) is 5.88 Å². The minimum atomic E-state index is -0.473. The fourth-order valence-corrected chi connectivity index (χ4v) is 3.79. The lowest BCUT2D eigenvalue weighted by Gasteiger charge is -2.29. The van der Waals surface area contributed by atoms with E-state index in [0.29, 0.717) is 16.3 Å². The number of carbonyl (C=O) groups excluding carboxylic acids is 1. The van der Waals surface area contributed by atoms with Gasteiger partial charge in [-0.1, -0.05) is 23.7 Å². The summed E-state index contributed by atoms with van der Waals surface area (Å²) in [5.41, 5.74) is 10.5. The van der Waals surface area contributed by atoms with E-state index in [1.165, 1.54) is 5.56 Å². The SMILES string of the molecule is CCOC(=O)C1=C(N)Oc2cc3c(cc2C1c1cccc(Cl)c1)CCN3. The van der Waals surface area contributed by atoms with Gasteiger partial charge in [0.1, 0.15) is 11.3 Å². The summed E-state index contributed by atoms with van der Waals surface area (Å²) in [4.78, 5) is 12.6. The maximum Gasteiger partial charge on any atom is 0.340 e. The zero-order valence-corrected chi connectivity index (χ0v) is 15.1. The number of ether oxygens (including phenoxy) is 2. The number of hydrogen-bond acceptors (Lipinski definition) is 5. The summed E-state index contributed by atoms with van der Waals surface area (Å²) in [6.07, 6.45) is 0.929.